The van der Waals surface area contributed by atoms with Crippen molar-refractivity contribution in [3.63, 3.8) is 0 Å². The fourth-order valence-corrected chi connectivity index (χ4v) is 2.13. The van der Waals surface area contributed by atoms with E-state index in [0.29, 0.717) is 18.4 Å². The average Bonchev–Trinajstić information content (AvgIpc) is 2.49. The Kier molecular flexibility index (Phi) is 4.66. The molecule has 0 aliphatic rings. The lowest BCUT2D eigenvalue weighted by Crippen LogP contribution is -2.24. The second-order valence-electron chi connectivity index (χ2n) is 4.65. The minimum absolute atomic E-state index is 0.313. The van der Waals surface area contributed by atoms with Crippen molar-refractivity contribution in [1.82, 2.24) is 0 Å². The van der Waals surface area contributed by atoms with Crippen molar-refractivity contribution in [1.29, 1.82) is 0 Å². The van der Waals surface area contributed by atoms with Crippen molar-refractivity contribution in [2.75, 3.05) is 0 Å². The number of carbonyl (C=O) groups is 2. The van der Waals surface area contributed by atoms with Crippen molar-refractivity contribution >= 4 is 11.8 Å². The second kappa shape index (κ2) is 6.66. The zero-order valence-electron chi connectivity index (χ0n) is 11.0. The van der Waals surface area contributed by atoms with Gasteiger partial charge in [0.1, 0.15) is 5.92 Å². The van der Waals surface area contributed by atoms with Crippen LogP contribution in [0.5, 0.6) is 0 Å². The number of hydrogen-bond acceptors (Lipinski definition) is 2. The molecule has 1 atom stereocenters. The Balaban J connectivity index is 2.08. The average molecular weight is 268 g/mol. The van der Waals surface area contributed by atoms with Gasteiger partial charge < -0.3 is 5.11 Å². The summed E-state index contributed by atoms with van der Waals surface area (Å²) < 4.78 is 0. The van der Waals surface area contributed by atoms with Crippen LogP contribution < -0.4 is 0 Å². The molecule has 1 unspecified atom stereocenters. The van der Waals surface area contributed by atoms with E-state index >= 15 is 0 Å². The summed E-state index contributed by atoms with van der Waals surface area (Å²) in [6.07, 6.45) is 0.892. The minimum Gasteiger partial charge on any atom is -0.481 e. The van der Waals surface area contributed by atoms with Crippen LogP contribution in [0, 0.1) is 5.92 Å². The van der Waals surface area contributed by atoms with Crippen molar-refractivity contribution < 1.29 is 14.7 Å². The summed E-state index contributed by atoms with van der Waals surface area (Å²) >= 11 is 0. The summed E-state index contributed by atoms with van der Waals surface area (Å²) in [6, 6.07) is 18.2. The van der Waals surface area contributed by atoms with Gasteiger partial charge >= 0.3 is 5.97 Å². The van der Waals surface area contributed by atoms with Gasteiger partial charge in [-0.1, -0.05) is 60.7 Å². The largest absolute Gasteiger partial charge is 0.481 e. The molecule has 102 valence electrons. The van der Waals surface area contributed by atoms with E-state index in [1.54, 1.807) is 30.3 Å². The van der Waals surface area contributed by atoms with Gasteiger partial charge in [0.25, 0.3) is 0 Å². The maximum Gasteiger partial charge on any atom is 0.314 e. The number of carboxylic acids is 1. The SMILES string of the molecule is O=C(O)C(CCc1ccccc1)C(=O)c1ccccc1. The Hall–Kier alpha value is -2.42. The lowest BCUT2D eigenvalue weighted by Gasteiger charge is -2.11. The molecule has 1 N–H and O–H groups in total. The molecular weight excluding hydrogens is 252 g/mol. The molecule has 0 saturated carbocycles. The number of hydrogen-bond donors (Lipinski definition) is 1. The molecule has 0 heterocycles. The summed E-state index contributed by atoms with van der Waals surface area (Å²) in [5, 5.41) is 9.26. The Morgan fingerprint density at radius 3 is 2.00 bits per heavy atom. The molecular formula is C17H16O3. The molecule has 20 heavy (non-hydrogen) atoms. The monoisotopic (exact) mass is 268 g/mol. The van der Waals surface area contributed by atoms with Gasteiger partial charge in [-0.15, -0.1) is 0 Å². The third kappa shape index (κ3) is 3.54. The van der Waals surface area contributed by atoms with Crippen LogP contribution >= 0.6 is 0 Å². The highest BCUT2D eigenvalue weighted by atomic mass is 16.4. The third-order valence-electron chi connectivity index (χ3n) is 3.24. The molecule has 0 radical (unpaired) electrons. The van der Waals surface area contributed by atoms with Gasteiger partial charge in [0.15, 0.2) is 5.78 Å². The summed E-state index contributed by atoms with van der Waals surface area (Å²) in [5.41, 5.74) is 1.49. The van der Waals surface area contributed by atoms with E-state index in [-0.39, 0.29) is 5.78 Å². The van der Waals surface area contributed by atoms with Crippen molar-refractivity contribution in [3.05, 3.63) is 71.8 Å². The number of carbonyl (C=O) groups excluding carboxylic acids is 1. The van der Waals surface area contributed by atoms with Crippen LogP contribution in [-0.2, 0) is 11.2 Å². The van der Waals surface area contributed by atoms with E-state index in [9.17, 15) is 14.7 Å². The molecule has 0 aromatic heterocycles. The molecule has 0 fully saturated rings. The highest BCUT2D eigenvalue weighted by molar-refractivity contribution is 6.08. The number of Topliss-reactive ketones (excluding diaryl/α,β-unsaturated/α-hetero) is 1. The van der Waals surface area contributed by atoms with Gasteiger partial charge in [0, 0.05) is 5.56 Å². The van der Waals surface area contributed by atoms with E-state index in [1.807, 2.05) is 30.3 Å². The van der Waals surface area contributed by atoms with Crippen LogP contribution in [0.2, 0.25) is 0 Å². The maximum atomic E-state index is 12.2. The Labute approximate surface area is 117 Å². The first-order chi connectivity index (χ1) is 9.68. The zero-order valence-corrected chi connectivity index (χ0v) is 11.0. The Bertz CT molecular complexity index is 576. The fraction of sp³-hybridized carbons (Fsp3) is 0.176. The van der Waals surface area contributed by atoms with Crippen LogP contribution in [0.25, 0.3) is 0 Å². The molecule has 3 nitrogen and oxygen atoms in total. The Morgan fingerprint density at radius 1 is 0.900 bits per heavy atom. The highest BCUT2D eigenvalue weighted by Crippen LogP contribution is 2.16. The lowest BCUT2D eigenvalue weighted by atomic mass is 9.92. The van der Waals surface area contributed by atoms with Crippen LogP contribution in [0.4, 0.5) is 0 Å². The Morgan fingerprint density at radius 2 is 1.45 bits per heavy atom. The minimum atomic E-state index is -1.06. The third-order valence-corrected chi connectivity index (χ3v) is 3.24. The molecule has 0 aliphatic carbocycles. The molecule has 0 amide bonds. The number of benzene rings is 2. The molecule has 0 bridgehead atoms. The predicted molar refractivity (Wildman–Crippen MR) is 76.7 cm³/mol. The molecule has 0 spiro atoms. The van der Waals surface area contributed by atoms with E-state index in [1.165, 1.54) is 0 Å². The topological polar surface area (TPSA) is 54.4 Å². The lowest BCUT2D eigenvalue weighted by molar-refractivity contribution is -0.140. The second-order valence-corrected chi connectivity index (χ2v) is 4.65. The van der Waals surface area contributed by atoms with Crippen LogP contribution in [0.1, 0.15) is 22.3 Å². The van der Waals surface area contributed by atoms with Gasteiger partial charge in [-0.05, 0) is 18.4 Å². The number of carboxylic acid groups (broad SMARTS) is 1. The first-order valence-electron chi connectivity index (χ1n) is 6.54. The first-order valence-corrected chi connectivity index (χ1v) is 6.54. The van der Waals surface area contributed by atoms with Gasteiger partial charge in [-0.2, -0.15) is 0 Å². The summed E-state index contributed by atoms with van der Waals surface area (Å²) in [4.78, 5) is 23.5. The van der Waals surface area contributed by atoms with Crippen molar-refractivity contribution in [3.8, 4) is 0 Å². The molecule has 2 rings (SSSR count). The van der Waals surface area contributed by atoms with E-state index < -0.39 is 11.9 Å². The summed E-state index contributed by atoms with van der Waals surface area (Å²) in [5.74, 6) is -2.37. The van der Waals surface area contributed by atoms with Crippen molar-refractivity contribution in [2.24, 2.45) is 5.92 Å². The van der Waals surface area contributed by atoms with Gasteiger partial charge in [-0.25, -0.2) is 0 Å². The number of rotatable bonds is 6. The van der Waals surface area contributed by atoms with Crippen LogP contribution in [0.3, 0.4) is 0 Å². The maximum absolute atomic E-state index is 12.2. The molecule has 0 aliphatic heterocycles. The normalized spacial score (nSPS) is 11.8. The molecule has 0 saturated heterocycles. The van der Waals surface area contributed by atoms with Crippen LogP contribution in [0.15, 0.2) is 60.7 Å². The zero-order chi connectivity index (χ0) is 14.4. The van der Waals surface area contributed by atoms with E-state index in [2.05, 4.69) is 0 Å². The van der Waals surface area contributed by atoms with E-state index in [4.69, 9.17) is 0 Å². The first kappa shape index (κ1) is 14.0. The number of aryl methyl sites for hydroxylation is 1. The number of aliphatic carboxylic acids is 1. The fourth-order valence-electron chi connectivity index (χ4n) is 2.13. The van der Waals surface area contributed by atoms with Gasteiger partial charge in [0.2, 0.25) is 0 Å². The quantitative estimate of drug-likeness (QED) is 0.646. The molecule has 3 heteroatoms. The predicted octanol–water partition coefficient (Wildman–Crippen LogP) is 3.20. The van der Waals surface area contributed by atoms with Gasteiger partial charge in [0.05, 0.1) is 0 Å². The smallest absolute Gasteiger partial charge is 0.314 e. The summed E-state index contributed by atoms with van der Waals surface area (Å²) in [6.45, 7) is 0. The number of ketones is 1. The van der Waals surface area contributed by atoms with Crippen LogP contribution in [-0.4, -0.2) is 16.9 Å². The molecule has 2 aromatic carbocycles. The van der Waals surface area contributed by atoms with E-state index in [0.717, 1.165) is 5.56 Å². The summed E-state index contributed by atoms with van der Waals surface area (Å²) in [7, 11) is 0. The molecule has 2 aromatic rings. The van der Waals surface area contributed by atoms with Gasteiger partial charge in [-0.3, -0.25) is 9.59 Å². The standard InChI is InChI=1S/C17H16O3/c18-16(14-9-5-2-6-10-14)15(17(19)20)12-11-13-7-3-1-4-8-13/h1-10,15H,11-12H2,(H,19,20). The highest BCUT2D eigenvalue weighted by Gasteiger charge is 2.26. The van der Waals surface area contributed by atoms with Crippen molar-refractivity contribution in [2.45, 2.75) is 12.8 Å².